The Morgan fingerprint density at radius 2 is 1.84 bits per heavy atom. The van der Waals surface area contributed by atoms with Gasteiger partial charge in [-0.3, -0.25) is 4.98 Å². The number of aromatic nitrogens is 4. The number of hydrogen-bond donors (Lipinski definition) is 2. The summed E-state index contributed by atoms with van der Waals surface area (Å²) in [6, 6.07) is 8.23. The highest BCUT2D eigenvalue weighted by Crippen LogP contribution is 2.29. The number of hydrogen-bond acceptors (Lipinski definition) is 8. The van der Waals surface area contributed by atoms with Crippen molar-refractivity contribution in [3.05, 3.63) is 59.7 Å². The van der Waals surface area contributed by atoms with Crippen LogP contribution in [-0.2, 0) is 24.2 Å². The number of carboxylic acids is 1. The zero-order valence-electron chi connectivity index (χ0n) is 20.4. The smallest absolute Gasteiger partial charge is 0.475 e. The molecule has 1 aliphatic carbocycles. The molecule has 196 valence electrons. The predicted octanol–water partition coefficient (Wildman–Crippen LogP) is 3.42. The number of aryl methyl sites for hydroxylation is 1. The Morgan fingerprint density at radius 3 is 2.46 bits per heavy atom. The number of nitrogens with one attached hydrogen (secondary N) is 1. The molecule has 12 heteroatoms. The second-order valence-corrected chi connectivity index (χ2v) is 8.89. The third-order valence-electron chi connectivity index (χ3n) is 6.19. The van der Waals surface area contributed by atoms with Crippen LogP contribution in [0, 0.1) is 0 Å². The van der Waals surface area contributed by atoms with Crippen LogP contribution < -0.4 is 10.2 Å². The maximum atomic E-state index is 10.6. The van der Waals surface area contributed by atoms with Gasteiger partial charge in [0.1, 0.15) is 11.6 Å². The highest BCUT2D eigenvalue weighted by molar-refractivity contribution is 5.73. The van der Waals surface area contributed by atoms with Crippen LogP contribution in [-0.4, -0.2) is 75.3 Å². The first kappa shape index (κ1) is 26.3. The van der Waals surface area contributed by atoms with Crippen LogP contribution >= 0.6 is 0 Å². The number of pyridine rings is 2. The second kappa shape index (κ2) is 11.5. The molecule has 1 fully saturated rings. The van der Waals surface area contributed by atoms with E-state index in [0.29, 0.717) is 6.54 Å². The van der Waals surface area contributed by atoms with Gasteiger partial charge in [-0.1, -0.05) is 6.07 Å². The number of likely N-dealkylation sites (N-methyl/N-ethyl adjacent to an activating group) is 1. The summed E-state index contributed by atoms with van der Waals surface area (Å²) in [4.78, 5) is 32.2. The maximum absolute atomic E-state index is 10.6. The van der Waals surface area contributed by atoms with Crippen LogP contribution in [0.25, 0.3) is 11.4 Å². The van der Waals surface area contributed by atoms with Gasteiger partial charge in [0.2, 0.25) is 0 Å². The number of rotatable bonds is 5. The normalized spacial score (nSPS) is 15.5. The first-order valence-electron chi connectivity index (χ1n) is 11.9. The van der Waals surface area contributed by atoms with E-state index in [1.807, 2.05) is 24.5 Å². The Balaban J connectivity index is 0.000000405. The summed E-state index contributed by atoms with van der Waals surface area (Å²) in [6.45, 7) is 4.94. The maximum Gasteiger partial charge on any atom is 0.490 e. The average molecular weight is 516 g/mol. The third kappa shape index (κ3) is 6.91. The van der Waals surface area contributed by atoms with Gasteiger partial charge < -0.3 is 20.2 Å². The molecule has 2 aliphatic rings. The van der Waals surface area contributed by atoms with E-state index < -0.39 is 12.1 Å². The van der Waals surface area contributed by atoms with E-state index >= 15 is 0 Å². The van der Waals surface area contributed by atoms with Gasteiger partial charge in [0.25, 0.3) is 0 Å². The van der Waals surface area contributed by atoms with Crippen LogP contribution in [0.4, 0.5) is 24.8 Å². The van der Waals surface area contributed by atoms with Crippen molar-refractivity contribution in [3.63, 3.8) is 0 Å². The Morgan fingerprint density at radius 1 is 1.08 bits per heavy atom. The lowest BCUT2D eigenvalue weighted by atomic mass is 10.2. The predicted molar refractivity (Wildman–Crippen MR) is 132 cm³/mol. The molecule has 0 amide bonds. The van der Waals surface area contributed by atoms with Gasteiger partial charge >= 0.3 is 12.1 Å². The van der Waals surface area contributed by atoms with E-state index in [4.69, 9.17) is 24.9 Å². The molecule has 0 unspecified atom stereocenters. The molecule has 3 aromatic rings. The first-order chi connectivity index (χ1) is 17.7. The van der Waals surface area contributed by atoms with Gasteiger partial charge in [0, 0.05) is 68.1 Å². The fraction of sp³-hybridized carbons (Fsp3) is 0.400. The number of fused-ring (bicyclic) bond motifs is 1. The summed E-state index contributed by atoms with van der Waals surface area (Å²) in [5, 5.41) is 10.7. The van der Waals surface area contributed by atoms with Crippen molar-refractivity contribution in [2.75, 3.05) is 43.4 Å². The fourth-order valence-corrected chi connectivity index (χ4v) is 4.13. The van der Waals surface area contributed by atoms with Crippen molar-refractivity contribution in [3.8, 4) is 11.4 Å². The van der Waals surface area contributed by atoms with Gasteiger partial charge in [-0.2, -0.15) is 13.2 Å². The second-order valence-electron chi connectivity index (χ2n) is 8.89. The Kier molecular flexibility index (Phi) is 8.17. The van der Waals surface area contributed by atoms with Crippen molar-refractivity contribution < 1.29 is 23.1 Å². The van der Waals surface area contributed by atoms with Crippen LogP contribution in [0.3, 0.4) is 0 Å². The minimum absolute atomic E-state index is 0.700. The van der Waals surface area contributed by atoms with Crippen molar-refractivity contribution >= 4 is 17.6 Å². The van der Waals surface area contributed by atoms with Crippen LogP contribution in [0.5, 0.6) is 0 Å². The van der Waals surface area contributed by atoms with Crippen LogP contribution in [0.1, 0.15) is 23.2 Å². The van der Waals surface area contributed by atoms with Crippen molar-refractivity contribution in [1.82, 2.24) is 24.8 Å². The molecule has 5 rings (SSSR count). The number of nitrogens with zero attached hydrogens (tertiary/aromatic N) is 6. The summed E-state index contributed by atoms with van der Waals surface area (Å²) in [7, 11) is 2.17. The minimum Gasteiger partial charge on any atom is -0.475 e. The monoisotopic (exact) mass is 515 g/mol. The van der Waals surface area contributed by atoms with Gasteiger partial charge in [-0.05, 0) is 50.1 Å². The lowest BCUT2D eigenvalue weighted by Gasteiger charge is -2.33. The number of halogens is 3. The molecule has 0 atom stereocenters. The molecule has 0 bridgehead atoms. The molecule has 0 saturated carbocycles. The zero-order chi connectivity index (χ0) is 26.4. The Bertz CT molecular complexity index is 1200. The summed E-state index contributed by atoms with van der Waals surface area (Å²) in [6.07, 6.45) is 3.67. The standard InChI is InChI=1S/C23H27N7.C2HF3O2/c1-29-10-12-30(13-11-29)21-8-7-17(14-25-21)15-26-23-19-5-2-6-20(19)27-22(28-23)18-4-3-9-24-16-18;3-2(4,5)1(6)7/h3-4,7-9,14,16H,2,5-6,10-13,15H2,1H3,(H,26,27,28);(H,6,7). The number of piperazine rings is 1. The van der Waals surface area contributed by atoms with E-state index in [-0.39, 0.29) is 0 Å². The molecule has 2 N–H and O–H groups in total. The largest absolute Gasteiger partial charge is 0.490 e. The number of carboxylic acid groups (broad SMARTS) is 1. The number of carbonyl (C=O) groups is 1. The molecule has 9 nitrogen and oxygen atoms in total. The quantitative estimate of drug-likeness (QED) is 0.529. The molecule has 0 spiro atoms. The van der Waals surface area contributed by atoms with E-state index in [1.54, 1.807) is 6.20 Å². The molecular formula is C25H28F3N7O2. The Labute approximate surface area is 212 Å². The first-order valence-corrected chi connectivity index (χ1v) is 11.9. The average Bonchev–Trinajstić information content (AvgIpc) is 3.37. The van der Waals surface area contributed by atoms with Crippen molar-refractivity contribution in [2.24, 2.45) is 0 Å². The third-order valence-corrected chi connectivity index (χ3v) is 6.19. The van der Waals surface area contributed by atoms with Gasteiger partial charge in [-0.25, -0.2) is 19.7 Å². The van der Waals surface area contributed by atoms with Crippen molar-refractivity contribution in [2.45, 2.75) is 32.0 Å². The number of aliphatic carboxylic acids is 1. The van der Waals surface area contributed by atoms with E-state index in [2.05, 4.69) is 39.3 Å². The minimum atomic E-state index is -5.08. The molecule has 3 aromatic heterocycles. The van der Waals surface area contributed by atoms with Gasteiger partial charge in [0.05, 0.1) is 0 Å². The summed E-state index contributed by atoms with van der Waals surface area (Å²) in [5.41, 5.74) is 4.52. The lowest BCUT2D eigenvalue weighted by molar-refractivity contribution is -0.192. The SMILES string of the molecule is CN1CCN(c2ccc(CNc3nc(-c4cccnc4)nc4c3CCC4)cn2)CC1.O=C(O)C(F)(F)F. The molecule has 0 radical (unpaired) electrons. The Hall–Kier alpha value is -3.80. The summed E-state index contributed by atoms with van der Waals surface area (Å²) < 4.78 is 31.7. The molecular weight excluding hydrogens is 487 g/mol. The van der Waals surface area contributed by atoms with Crippen LogP contribution in [0.2, 0.25) is 0 Å². The van der Waals surface area contributed by atoms with E-state index in [0.717, 1.165) is 79.7 Å². The molecule has 37 heavy (non-hydrogen) atoms. The highest BCUT2D eigenvalue weighted by Gasteiger charge is 2.38. The summed E-state index contributed by atoms with van der Waals surface area (Å²) >= 11 is 0. The van der Waals surface area contributed by atoms with Crippen molar-refractivity contribution in [1.29, 1.82) is 0 Å². The molecule has 1 saturated heterocycles. The zero-order valence-corrected chi connectivity index (χ0v) is 20.4. The lowest BCUT2D eigenvalue weighted by Crippen LogP contribution is -2.44. The van der Waals surface area contributed by atoms with Gasteiger partial charge in [0.15, 0.2) is 5.82 Å². The van der Waals surface area contributed by atoms with Gasteiger partial charge in [-0.15, -0.1) is 0 Å². The topological polar surface area (TPSA) is 107 Å². The number of anilines is 2. The summed E-state index contributed by atoms with van der Waals surface area (Å²) in [5.74, 6) is -0.00423. The highest BCUT2D eigenvalue weighted by atomic mass is 19.4. The molecule has 0 aromatic carbocycles. The van der Waals surface area contributed by atoms with E-state index in [9.17, 15) is 13.2 Å². The van der Waals surface area contributed by atoms with Crippen LogP contribution in [0.15, 0.2) is 42.9 Å². The molecule has 4 heterocycles. The fourth-order valence-electron chi connectivity index (χ4n) is 4.13. The molecule has 1 aliphatic heterocycles. The van der Waals surface area contributed by atoms with E-state index in [1.165, 1.54) is 5.56 Å². The number of alkyl halides is 3.